The third kappa shape index (κ3) is 3.97. The number of fused-ring (bicyclic) bond motifs is 3. The summed E-state index contributed by atoms with van der Waals surface area (Å²) < 4.78 is 6.26. The van der Waals surface area contributed by atoms with E-state index in [9.17, 15) is 19.8 Å². The number of carbonyl (C=O) groups is 2. The largest absolute Gasteiger partial charge is 0.507 e. The van der Waals surface area contributed by atoms with E-state index >= 15 is 0 Å². The van der Waals surface area contributed by atoms with E-state index in [1.807, 2.05) is 13.8 Å². The number of ketones is 1. The van der Waals surface area contributed by atoms with E-state index in [1.165, 1.54) is 5.57 Å². The molecule has 0 amide bonds. The molecule has 5 rings (SSSR count). The van der Waals surface area contributed by atoms with Crippen molar-refractivity contribution in [1.82, 2.24) is 0 Å². The number of esters is 1. The number of rotatable bonds is 2. The number of hydrogen-bond acceptors (Lipinski definition) is 5. The molecule has 0 aromatic rings. The van der Waals surface area contributed by atoms with Gasteiger partial charge in [-0.25, -0.2) is 4.79 Å². The molecule has 4 aliphatic carbocycles. The van der Waals surface area contributed by atoms with E-state index in [1.54, 1.807) is 0 Å². The fraction of sp³-hybridized carbons (Fsp3) is 0.647. The maximum atomic E-state index is 14.9. The Labute approximate surface area is 233 Å². The van der Waals surface area contributed by atoms with Gasteiger partial charge in [-0.15, -0.1) is 0 Å². The van der Waals surface area contributed by atoms with Crippen molar-refractivity contribution in [3.05, 3.63) is 58.9 Å². The van der Waals surface area contributed by atoms with E-state index in [2.05, 4.69) is 64.2 Å². The summed E-state index contributed by atoms with van der Waals surface area (Å²) in [7, 11) is 0. The van der Waals surface area contributed by atoms with Crippen molar-refractivity contribution in [3.63, 3.8) is 0 Å². The molecule has 5 nitrogen and oxygen atoms in total. The first-order valence-corrected chi connectivity index (χ1v) is 15.1. The normalized spacial score (nSPS) is 46.3. The zero-order chi connectivity index (χ0) is 28.3. The minimum absolute atomic E-state index is 0.109. The molecule has 2 N–H and O–H groups in total. The van der Waals surface area contributed by atoms with Gasteiger partial charge in [0.1, 0.15) is 5.57 Å². The minimum Gasteiger partial charge on any atom is -0.507 e. The quantitative estimate of drug-likeness (QED) is 0.228. The summed E-state index contributed by atoms with van der Waals surface area (Å²) in [5, 5.41) is 23.3. The topological polar surface area (TPSA) is 83.8 Å². The molecule has 1 aliphatic heterocycles. The van der Waals surface area contributed by atoms with Crippen LogP contribution in [-0.4, -0.2) is 33.7 Å². The molecule has 1 spiro atoms. The molecule has 0 aromatic heterocycles. The lowest BCUT2D eigenvalue weighted by Gasteiger charge is -2.53. The van der Waals surface area contributed by atoms with Crippen LogP contribution in [-0.2, 0) is 14.3 Å². The highest BCUT2D eigenvalue weighted by molar-refractivity contribution is 6.21. The Bertz CT molecular complexity index is 1200. The Morgan fingerprint density at radius 1 is 1.08 bits per heavy atom. The molecule has 0 aromatic carbocycles. The van der Waals surface area contributed by atoms with Crippen LogP contribution in [0, 0.1) is 40.4 Å². The van der Waals surface area contributed by atoms with Crippen LogP contribution in [0.15, 0.2) is 58.9 Å². The van der Waals surface area contributed by atoms with Gasteiger partial charge in [0.15, 0.2) is 17.1 Å². The first kappa shape index (κ1) is 28.1. The molecule has 9 unspecified atom stereocenters. The summed E-state index contributed by atoms with van der Waals surface area (Å²) in [6.07, 6.45) is 17.2. The Morgan fingerprint density at radius 2 is 1.82 bits per heavy atom. The second kappa shape index (κ2) is 9.90. The number of aliphatic hydroxyl groups excluding tert-OH is 2. The molecule has 5 aliphatic rings. The molecule has 2 bridgehead atoms. The smallest absolute Gasteiger partial charge is 0.346 e. The third-order valence-corrected chi connectivity index (χ3v) is 11.2. The van der Waals surface area contributed by atoms with Crippen molar-refractivity contribution < 1.29 is 24.5 Å². The predicted octanol–water partition coefficient (Wildman–Crippen LogP) is 6.95. The number of carbonyl (C=O) groups excluding carboxylic acids is 2. The van der Waals surface area contributed by atoms with Gasteiger partial charge >= 0.3 is 5.97 Å². The summed E-state index contributed by atoms with van der Waals surface area (Å²) in [5.74, 6) is -1.30. The van der Waals surface area contributed by atoms with Gasteiger partial charge in [0.05, 0.1) is 11.5 Å². The van der Waals surface area contributed by atoms with Crippen molar-refractivity contribution in [2.24, 2.45) is 40.4 Å². The predicted molar refractivity (Wildman–Crippen MR) is 153 cm³/mol. The maximum Gasteiger partial charge on any atom is 0.346 e. The molecule has 1 heterocycles. The molecule has 0 radical (unpaired) electrons. The van der Waals surface area contributed by atoms with Crippen molar-refractivity contribution in [1.29, 1.82) is 0 Å². The van der Waals surface area contributed by atoms with Crippen molar-refractivity contribution in [2.45, 2.75) is 98.2 Å². The van der Waals surface area contributed by atoms with Crippen molar-refractivity contribution in [2.75, 3.05) is 0 Å². The fourth-order valence-electron chi connectivity index (χ4n) is 8.93. The second-order valence-electron chi connectivity index (χ2n) is 13.3. The van der Waals surface area contributed by atoms with Gasteiger partial charge in [-0.2, -0.15) is 0 Å². The van der Waals surface area contributed by atoms with Crippen molar-refractivity contribution >= 4 is 11.8 Å². The molecular weight excluding hydrogens is 488 g/mol. The van der Waals surface area contributed by atoms with E-state index < -0.39 is 28.5 Å². The Morgan fingerprint density at radius 3 is 2.51 bits per heavy atom. The first-order valence-electron chi connectivity index (χ1n) is 15.1. The van der Waals surface area contributed by atoms with Crippen LogP contribution in [0.4, 0.5) is 0 Å². The molecule has 1 fully saturated rings. The summed E-state index contributed by atoms with van der Waals surface area (Å²) >= 11 is 0. The summed E-state index contributed by atoms with van der Waals surface area (Å²) in [6.45, 7) is 12.4. The lowest BCUT2D eigenvalue weighted by molar-refractivity contribution is -0.159. The molecular formula is C34H46O5. The standard InChI is InChI=1S/C34H46O5/c1-7-23-19-34-30(37)27(31(38)39-34)29(36)33(8-2)24(14-15-25-26(33)16-13-21(4)28(25)35)12-10-9-11-20(3)17-32(34,6)18-22(23)5/h9-10,14-15,17-18,21,23-26,28,35,37H,7-8,11-13,16,19H2,1-6H3/b10-9+,20-17+. The lowest BCUT2D eigenvalue weighted by Crippen LogP contribution is -2.54. The van der Waals surface area contributed by atoms with Gasteiger partial charge in [0.25, 0.3) is 0 Å². The lowest BCUT2D eigenvalue weighted by atomic mass is 9.50. The van der Waals surface area contributed by atoms with Crippen LogP contribution in [0.1, 0.15) is 86.5 Å². The zero-order valence-electron chi connectivity index (χ0n) is 24.5. The number of hydrogen-bond donors (Lipinski definition) is 2. The monoisotopic (exact) mass is 534 g/mol. The van der Waals surface area contributed by atoms with Gasteiger partial charge in [0.2, 0.25) is 0 Å². The maximum absolute atomic E-state index is 14.9. The molecule has 5 heteroatoms. The van der Waals surface area contributed by atoms with Crippen molar-refractivity contribution in [3.8, 4) is 0 Å². The number of aliphatic hydroxyl groups is 2. The molecule has 1 saturated carbocycles. The average molecular weight is 535 g/mol. The highest BCUT2D eigenvalue weighted by atomic mass is 16.6. The van der Waals surface area contributed by atoms with E-state index in [0.717, 1.165) is 31.3 Å². The molecule has 9 atom stereocenters. The van der Waals surface area contributed by atoms with Crippen LogP contribution in [0.3, 0.4) is 0 Å². The molecule has 212 valence electrons. The van der Waals surface area contributed by atoms with Crippen LogP contribution >= 0.6 is 0 Å². The first-order chi connectivity index (χ1) is 18.5. The van der Waals surface area contributed by atoms with Gasteiger partial charge in [0, 0.05) is 17.8 Å². The van der Waals surface area contributed by atoms with Gasteiger partial charge < -0.3 is 14.9 Å². The van der Waals surface area contributed by atoms with E-state index in [0.29, 0.717) is 19.3 Å². The highest BCUT2D eigenvalue weighted by Crippen LogP contribution is 2.60. The van der Waals surface area contributed by atoms with Gasteiger partial charge in [-0.3, -0.25) is 4.79 Å². The summed E-state index contributed by atoms with van der Waals surface area (Å²) in [5.41, 5.74) is -0.832. The second-order valence-corrected chi connectivity index (χ2v) is 13.3. The summed E-state index contributed by atoms with van der Waals surface area (Å²) in [6, 6.07) is 0. The molecule has 0 saturated heterocycles. The number of Topliss-reactive ketones (excluding diaryl/α,β-unsaturated/α-hetero) is 1. The third-order valence-electron chi connectivity index (χ3n) is 11.2. The van der Waals surface area contributed by atoms with Crippen LogP contribution in [0.25, 0.3) is 0 Å². The number of allylic oxidation sites excluding steroid dienone is 5. The fourth-order valence-corrected chi connectivity index (χ4v) is 8.93. The Balaban J connectivity index is 1.76. The number of ether oxygens (including phenoxy) is 1. The zero-order valence-corrected chi connectivity index (χ0v) is 24.5. The average Bonchev–Trinajstić information content (AvgIpc) is 3.15. The minimum atomic E-state index is -1.32. The van der Waals surface area contributed by atoms with Gasteiger partial charge in [-0.05, 0) is 83.0 Å². The Hall–Kier alpha value is -2.40. The molecule has 39 heavy (non-hydrogen) atoms. The van der Waals surface area contributed by atoms with E-state index in [4.69, 9.17) is 4.74 Å². The Kier molecular flexibility index (Phi) is 7.15. The van der Waals surface area contributed by atoms with Crippen LogP contribution in [0.2, 0.25) is 0 Å². The van der Waals surface area contributed by atoms with Crippen LogP contribution in [0.5, 0.6) is 0 Å². The SMILES string of the molecule is CCC1CC23OC(=O)C(=C2O)C(=O)C2(CC)C(C=CC4C(O)C(C)CCC42)C/C=C/C/C(C)=C/C3(C)C=C1C. The van der Waals surface area contributed by atoms with Gasteiger partial charge in [-0.1, -0.05) is 68.4 Å². The highest BCUT2D eigenvalue weighted by Gasteiger charge is 2.65. The summed E-state index contributed by atoms with van der Waals surface area (Å²) in [4.78, 5) is 28.7. The van der Waals surface area contributed by atoms with E-state index in [-0.39, 0.29) is 46.7 Å². The van der Waals surface area contributed by atoms with Crippen LogP contribution < -0.4 is 0 Å².